The molecule has 0 spiro atoms. The molecule has 2 saturated carbocycles. The molecule has 2 unspecified atom stereocenters. The monoisotopic (exact) mass is 545 g/mol. The molecule has 2 atom stereocenters. The lowest BCUT2D eigenvalue weighted by Gasteiger charge is -2.31. The molecule has 3 aliphatic rings. The maximum atomic E-state index is 13.4. The zero-order chi connectivity index (χ0) is 27.0. The Kier molecular flexibility index (Phi) is 6.59. The zero-order valence-electron chi connectivity index (χ0n) is 21.7. The number of aromatic nitrogens is 4. The highest BCUT2D eigenvalue weighted by Crippen LogP contribution is 2.43. The first-order valence-electron chi connectivity index (χ1n) is 13.5. The average molecular weight is 546 g/mol. The summed E-state index contributed by atoms with van der Waals surface area (Å²) in [6, 6.07) is 14.0. The maximum absolute atomic E-state index is 13.4. The van der Waals surface area contributed by atoms with E-state index < -0.39 is 15.4 Å². The number of nitrogens with one attached hydrogen (secondary N) is 1. The molecule has 1 N–H and O–H groups in total. The number of carbonyl (C=O) groups is 1. The molecule has 6 rings (SSSR count). The number of hydrogen-bond donors (Lipinski definition) is 1. The number of rotatable bonds is 6. The molecule has 1 aliphatic heterocycles. The van der Waals surface area contributed by atoms with Crippen molar-refractivity contribution in [3.63, 3.8) is 0 Å². The molecule has 3 heterocycles. The van der Waals surface area contributed by atoms with Gasteiger partial charge in [-0.05, 0) is 55.5 Å². The van der Waals surface area contributed by atoms with E-state index in [0.29, 0.717) is 31.7 Å². The van der Waals surface area contributed by atoms with Crippen LogP contribution in [0.15, 0.2) is 48.8 Å². The highest BCUT2D eigenvalue weighted by molar-refractivity contribution is 7.91. The molecule has 3 aromatic rings. The number of benzene rings is 1. The van der Waals surface area contributed by atoms with Crippen LogP contribution in [0.1, 0.15) is 50.1 Å². The van der Waals surface area contributed by atoms with E-state index in [4.69, 9.17) is 5.10 Å². The summed E-state index contributed by atoms with van der Waals surface area (Å²) < 4.78 is 25.4. The summed E-state index contributed by atoms with van der Waals surface area (Å²) >= 11 is 0. The molecule has 1 aromatic carbocycles. The fourth-order valence-electron chi connectivity index (χ4n) is 5.73. The molecule has 0 radical (unpaired) electrons. The smallest absolute Gasteiger partial charge is 0.225 e. The van der Waals surface area contributed by atoms with Gasteiger partial charge in [-0.1, -0.05) is 25.0 Å². The molecule has 202 valence electrons. The Morgan fingerprint density at radius 1 is 1.08 bits per heavy atom. The lowest BCUT2D eigenvalue weighted by molar-refractivity contribution is -0.127. The minimum absolute atomic E-state index is 0.0610. The predicted molar refractivity (Wildman–Crippen MR) is 146 cm³/mol. The maximum Gasteiger partial charge on any atom is 0.225 e. The van der Waals surface area contributed by atoms with E-state index in [1.165, 1.54) is 0 Å². The van der Waals surface area contributed by atoms with Crippen molar-refractivity contribution in [2.75, 3.05) is 29.5 Å². The molecule has 2 aromatic heterocycles. The van der Waals surface area contributed by atoms with Crippen LogP contribution in [0.25, 0.3) is 16.9 Å². The van der Waals surface area contributed by atoms with Crippen molar-refractivity contribution in [1.29, 1.82) is 5.26 Å². The lowest BCUT2D eigenvalue weighted by atomic mass is 9.75. The molecule has 1 saturated heterocycles. The zero-order valence-corrected chi connectivity index (χ0v) is 22.5. The molecule has 0 bridgehead atoms. The highest BCUT2D eigenvalue weighted by atomic mass is 32.2. The third-order valence-corrected chi connectivity index (χ3v) is 9.81. The Morgan fingerprint density at radius 3 is 2.49 bits per heavy atom. The van der Waals surface area contributed by atoms with E-state index in [1.54, 1.807) is 10.9 Å². The van der Waals surface area contributed by atoms with Gasteiger partial charge in [0, 0.05) is 48.6 Å². The second-order valence-electron chi connectivity index (χ2n) is 10.8. The van der Waals surface area contributed by atoms with E-state index in [2.05, 4.69) is 26.5 Å². The van der Waals surface area contributed by atoms with Gasteiger partial charge in [-0.15, -0.1) is 5.10 Å². The largest absolute Gasteiger partial charge is 0.369 e. The Bertz CT molecular complexity index is 1490. The molecule has 11 heteroatoms. The van der Waals surface area contributed by atoms with Crippen LogP contribution in [0, 0.1) is 17.2 Å². The minimum Gasteiger partial charge on any atom is -0.369 e. The summed E-state index contributed by atoms with van der Waals surface area (Å²) in [6.45, 7) is 0.973. The van der Waals surface area contributed by atoms with Crippen LogP contribution in [0.4, 0.5) is 5.69 Å². The van der Waals surface area contributed by atoms with Crippen LogP contribution in [-0.2, 0) is 14.6 Å². The predicted octanol–water partition coefficient (Wildman–Crippen LogP) is 3.01. The van der Waals surface area contributed by atoms with E-state index >= 15 is 0 Å². The second-order valence-corrected chi connectivity index (χ2v) is 13.1. The van der Waals surface area contributed by atoms with Gasteiger partial charge in [0.1, 0.15) is 5.54 Å². The van der Waals surface area contributed by atoms with Gasteiger partial charge >= 0.3 is 0 Å². The van der Waals surface area contributed by atoms with E-state index in [1.807, 2.05) is 42.6 Å². The number of sulfone groups is 1. The first-order valence-corrected chi connectivity index (χ1v) is 15.4. The summed E-state index contributed by atoms with van der Waals surface area (Å²) in [5, 5.41) is 25.8. The van der Waals surface area contributed by atoms with Gasteiger partial charge in [-0.3, -0.25) is 4.79 Å². The normalized spacial score (nSPS) is 23.5. The first kappa shape index (κ1) is 25.5. The van der Waals surface area contributed by atoms with Crippen LogP contribution >= 0.6 is 0 Å². The van der Waals surface area contributed by atoms with Gasteiger partial charge < -0.3 is 10.2 Å². The molecule has 10 nitrogen and oxygen atoms in total. The number of nitrogens with zero attached hydrogens (tertiary/aromatic N) is 6. The first-order chi connectivity index (χ1) is 18.9. The summed E-state index contributed by atoms with van der Waals surface area (Å²) in [7, 11) is -2.95. The van der Waals surface area contributed by atoms with Crippen LogP contribution < -0.4 is 10.2 Å². The quantitative estimate of drug-likeness (QED) is 0.500. The Labute approximate surface area is 228 Å². The Hall–Kier alpha value is -3.78. The summed E-state index contributed by atoms with van der Waals surface area (Å²) in [6.07, 6.45) is 8.53. The molecular formula is C28H31N7O3S. The topological polar surface area (TPSA) is 134 Å². The Balaban J connectivity index is 1.34. The third-order valence-electron chi connectivity index (χ3n) is 8.20. The van der Waals surface area contributed by atoms with Crippen molar-refractivity contribution in [2.45, 2.75) is 50.0 Å². The molecule has 1 amide bonds. The van der Waals surface area contributed by atoms with Gasteiger partial charge in [0.2, 0.25) is 5.91 Å². The van der Waals surface area contributed by atoms with Crippen molar-refractivity contribution < 1.29 is 13.2 Å². The molecule has 3 fully saturated rings. The van der Waals surface area contributed by atoms with Gasteiger partial charge in [0.25, 0.3) is 0 Å². The fourth-order valence-corrected chi connectivity index (χ4v) is 6.93. The number of carbonyl (C=O) groups excluding carboxylic acids is 1. The lowest BCUT2D eigenvalue weighted by Crippen LogP contribution is -2.42. The average Bonchev–Trinajstić information content (AvgIpc) is 3.60. The molecule has 2 aliphatic carbocycles. The van der Waals surface area contributed by atoms with E-state index in [9.17, 15) is 18.5 Å². The number of hydrogen-bond acceptors (Lipinski definition) is 8. The second kappa shape index (κ2) is 10.1. The van der Waals surface area contributed by atoms with Crippen molar-refractivity contribution in [1.82, 2.24) is 25.3 Å². The molecule has 39 heavy (non-hydrogen) atoms. The number of nitriles is 1. The Morgan fingerprint density at radius 2 is 1.82 bits per heavy atom. The van der Waals surface area contributed by atoms with Gasteiger partial charge in [-0.25, -0.2) is 13.1 Å². The van der Waals surface area contributed by atoms with Crippen LogP contribution in [-0.4, -0.2) is 64.4 Å². The number of amides is 1. The van der Waals surface area contributed by atoms with Crippen molar-refractivity contribution in [3.05, 3.63) is 54.5 Å². The SMILES string of the molecule is N#CC1(NC(=O)C2CCCCC2c2nn(-c3cccnn3)cc2-c2ccc(N3CCS(=O)(=O)CC3)cc2)CC1. The van der Waals surface area contributed by atoms with Crippen molar-refractivity contribution in [3.8, 4) is 23.0 Å². The van der Waals surface area contributed by atoms with E-state index in [-0.39, 0.29) is 29.2 Å². The number of anilines is 1. The summed E-state index contributed by atoms with van der Waals surface area (Å²) in [5.41, 5.74) is 3.02. The fraction of sp³-hybridized carbons (Fsp3) is 0.464. The molecular weight excluding hydrogens is 514 g/mol. The highest BCUT2D eigenvalue weighted by Gasteiger charge is 2.47. The van der Waals surface area contributed by atoms with Gasteiger partial charge in [0.05, 0.1) is 23.3 Å². The van der Waals surface area contributed by atoms with Crippen LogP contribution in [0.3, 0.4) is 0 Å². The third kappa shape index (κ3) is 5.26. The summed E-state index contributed by atoms with van der Waals surface area (Å²) in [5.74, 6) is 0.518. The van der Waals surface area contributed by atoms with Gasteiger partial charge in [0.15, 0.2) is 15.7 Å². The van der Waals surface area contributed by atoms with Crippen LogP contribution in [0.2, 0.25) is 0 Å². The van der Waals surface area contributed by atoms with Crippen LogP contribution in [0.5, 0.6) is 0 Å². The van der Waals surface area contributed by atoms with Crippen molar-refractivity contribution >= 4 is 21.4 Å². The standard InChI is InChI=1S/C28H31N7O3S/c29-19-28(11-12-28)31-27(36)23-5-2-1-4-22(23)26-24(18-35(33-26)25-6-3-13-30-32-25)20-7-9-21(10-8-20)34-14-16-39(37,38)17-15-34/h3,6-10,13,18,22-23H,1-2,4-5,11-12,14-17H2,(H,31,36). The van der Waals surface area contributed by atoms with Gasteiger partial charge in [-0.2, -0.15) is 15.5 Å². The summed E-state index contributed by atoms with van der Waals surface area (Å²) in [4.78, 5) is 15.5. The minimum atomic E-state index is -2.95. The van der Waals surface area contributed by atoms with E-state index in [0.717, 1.165) is 48.2 Å². The van der Waals surface area contributed by atoms with Crippen molar-refractivity contribution in [2.24, 2.45) is 5.92 Å².